The van der Waals surface area contributed by atoms with Gasteiger partial charge in [0.05, 0.1) is 18.5 Å². The van der Waals surface area contributed by atoms with Crippen molar-refractivity contribution in [3.8, 4) is 22.7 Å². The number of methoxy groups -OCH3 is 1. The quantitative estimate of drug-likeness (QED) is 0.348. The standard InChI is InChI=1S/C26H20N4O2S/c1-32-23-15-9-8-14-22(23)30-25(31)21(27-26(30)33)16-19-17-29(20-12-6-3-7-13-20)28-24(19)18-10-4-2-5-11-18/h2-17H,1H3,(H,27,33)/b21-16+. The van der Waals surface area contributed by atoms with Crippen LogP contribution in [0.4, 0.5) is 5.69 Å². The van der Waals surface area contributed by atoms with Gasteiger partial charge in [0.1, 0.15) is 17.1 Å². The van der Waals surface area contributed by atoms with Crippen LogP contribution in [-0.2, 0) is 4.79 Å². The molecule has 4 aromatic rings. The van der Waals surface area contributed by atoms with Crippen molar-refractivity contribution in [2.45, 2.75) is 0 Å². The highest BCUT2D eigenvalue weighted by atomic mass is 32.1. The molecule has 2 heterocycles. The SMILES string of the molecule is COc1ccccc1N1C(=O)/C(=C\c2cn(-c3ccccc3)nc2-c2ccccc2)NC1=S. The lowest BCUT2D eigenvalue weighted by molar-refractivity contribution is -0.113. The summed E-state index contributed by atoms with van der Waals surface area (Å²) in [5, 5.41) is 8.16. The number of hydrogen-bond donors (Lipinski definition) is 1. The van der Waals surface area contributed by atoms with E-state index in [2.05, 4.69) is 5.32 Å². The van der Waals surface area contributed by atoms with Crippen molar-refractivity contribution < 1.29 is 9.53 Å². The summed E-state index contributed by atoms with van der Waals surface area (Å²) in [6, 6.07) is 27.0. The maximum atomic E-state index is 13.3. The highest BCUT2D eigenvalue weighted by Gasteiger charge is 2.34. The normalized spacial score (nSPS) is 14.6. The number of thiocarbonyl (C=S) groups is 1. The fourth-order valence-electron chi connectivity index (χ4n) is 3.75. The third-order valence-corrected chi connectivity index (χ3v) is 5.60. The number of carbonyl (C=O) groups excluding carboxylic acids is 1. The summed E-state index contributed by atoms with van der Waals surface area (Å²) in [5.74, 6) is 0.314. The minimum atomic E-state index is -0.254. The van der Waals surface area contributed by atoms with Crippen LogP contribution in [0.15, 0.2) is 96.8 Å². The van der Waals surface area contributed by atoms with E-state index in [1.165, 1.54) is 4.90 Å². The molecule has 162 valence electrons. The second kappa shape index (κ2) is 8.72. The van der Waals surface area contributed by atoms with E-state index in [0.29, 0.717) is 22.2 Å². The maximum absolute atomic E-state index is 13.3. The predicted molar refractivity (Wildman–Crippen MR) is 133 cm³/mol. The Morgan fingerprint density at radius 2 is 1.61 bits per heavy atom. The van der Waals surface area contributed by atoms with Crippen molar-refractivity contribution in [2.24, 2.45) is 0 Å². The van der Waals surface area contributed by atoms with Crippen molar-refractivity contribution >= 4 is 35.0 Å². The van der Waals surface area contributed by atoms with Gasteiger partial charge in [-0.15, -0.1) is 0 Å². The summed E-state index contributed by atoms with van der Waals surface area (Å²) in [4.78, 5) is 14.8. The molecule has 3 aromatic carbocycles. The Bertz CT molecular complexity index is 1360. The third-order valence-electron chi connectivity index (χ3n) is 5.31. The van der Waals surface area contributed by atoms with Gasteiger partial charge in [-0.05, 0) is 42.6 Å². The molecular formula is C26H20N4O2S. The van der Waals surface area contributed by atoms with Gasteiger partial charge in [0.15, 0.2) is 5.11 Å². The van der Waals surface area contributed by atoms with E-state index in [4.69, 9.17) is 22.1 Å². The first-order valence-electron chi connectivity index (χ1n) is 10.4. The van der Waals surface area contributed by atoms with Crippen LogP contribution in [-0.4, -0.2) is 27.9 Å². The number of carbonyl (C=O) groups is 1. The highest BCUT2D eigenvalue weighted by molar-refractivity contribution is 7.80. The largest absolute Gasteiger partial charge is 0.495 e. The molecule has 0 saturated carbocycles. The van der Waals surface area contributed by atoms with E-state index in [1.54, 1.807) is 25.3 Å². The summed E-state index contributed by atoms with van der Waals surface area (Å²) in [6.45, 7) is 0. The molecule has 0 spiro atoms. The maximum Gasteiger partial charge on any atom is 0.281 e. The molecule has 0 unspecified atom stereocenters. The molecule has 33 heavy (non-hydrogen) atoms. The van der Waals surface area contributed by atoms with Gasteiger partial charge in [0.25, 0.3) is 5.91 Å². The zero-order valence-corrected chi connectivity index (χ0v) is 18.6. The number of anilines is 1. The van der Waals surface area contributed by atoms with Gasteiger partial charge in [-0.1, -0.05) is 60.7 Å². The fourth-order valence-corrected chi connectivity index (χ4v) is 4.04. The first kappa shape index (κ1) is 20.7. The zero-order valence-electron chi connectivity index (χ0n) is 17.8. The van der Waals surface area contributed by atoms with Gasteiger partial charge in [-0.25, -0.2) is 9.58 Å². The molecule has 0 radical (unpaired) electrons. The van der Waals surface area contributed by atoms with Crippen molar-refractivity contribution in [1.82, 2.24) is 15.1 Å². The fraction of sp³-hybridized carbons (Fsp3) is 0.0385. The van der Waals surface area contributed by atoms with E-state index >= 15 is 0 Å². The minimum Gasteiger partial charge on any atom is -0.495 e. The molecule has 6 nitrogen and oxygen atoms in total. The number of benzene rings is 3. The van der Waals surface area contributed by atoms with Gasteiger partial charge in [-0.3, -0.25) is 4.79 Å². The van der Waals surface area contributed by atoms with Crippen molar-refractivity contribution in [3.63, 3.8) is 0 Å². The van der Waals surface area contributed by atoms with E-state index in [-0.39, 0.29) is 5.91 Å². The predicted octanol–water partition coefficient (Wildman–Crippen LogP) is 4.81. The lowest BCUT2D eigenvalue weighted by atomic mass is 10.1. The van der Waals surface area contributed by atoms with Crippen LogP contribution in [0.2, 0.25) is 0 Å². The molecule has 1 amide bonds. The third kappa shape index (κ3) is 3.90. The Labute approximate surface area is 196 Å². The van der Waals surface area contributed by atoms with E-state index < -0.39 is 0 Å². The van der Waals surface area contributed by atoms with Gasteiger partial charge < -0.3 is 10.1 Å². The van der Waals surface area contributed by atoms with Crippen molar-refractivity contribution in [1.29, 1.82) is 0 Å². The summed E-state index contributed by atoms with van der Waals surface area (Å²) in [5.41, 5.74) is 4.41. The number of aromatic nitrogens is 2. The summed E-state index contributed by atoms with van der Waals surface area (Å²) >= 11 is 5.49. The number of nitrogens with zero attached hydrogens (tertiary/aromatic N) is 3. The first-order chi connectivity index (χ1) is 16.2. The number of hydrogen-bond acceptors (Lipinski definition) is 4. The monoisotopic (exact) mass is 452 g/mol. The van der Waals surface area contributed by atoms with E-state index in [1.807, 2.05) is 83.7 Å². The molecular weight excluding hydrogens is 432 g/mol. The number of amides is 1. The lowest BCUT2D eigenvalue weighted by Crippen LogP contribution is -2.30. The Hall–Kier alpha value is -4.23. The van der Waals surface area contributed by atoms with Crippen molar-refractivity contribution in [3.05, 3.63) is 102 Å². The van der Waals surface area contributed by atoms with Crippen molar-refractivity contribution in [2.75, 3.05) is 12.0 Å². The molecule has 1 aliphatic rings. The Kier molecular flexibility index (Phi) is 5.46. The van der Waals surface area contributed by atoms with Gasteiger partial charge >= 0.3 is 0 Å². The van der Waals surface area contributed by atoms with Gasteiger partial charge in [-0.2, -0.15) is 5.10 Å². The second-order valence-electron chi connectivity index (χ2n) is 7.38. The average Bonchev–Trinajstić information content (AvgIpc) is 3.40. The Balaban J connectivity index is 1.58. The molecule has 0 bridgehead atoms. The second-order valence-corrected chi connectivity index (χ2v) is 7.77. The summed E-state index contributed by atoms with van der Waals surface area (Å²) < 4.78 is 7.23. The van der Waals surface area contributed by atoms with Crippen LogP contribution in [0.1, 0.15) is 5.56 Å². The van der Waals surface area contributed by atoms with Crippen LogP contribution >= 0.6 is 12.2 Å². The smallest absolute Gasteiger partial charge is 0.281 e. The molecule has 7 heteroatoms. The van der Waals surface area contributed by atoms with Crippen LogP contribution in [0.25, 0.3) is 23.0 Å². The number of para-hydroxylation sites is 3. The zero-order chi connectivity index (χ0) is 22.8. The summed E-state index contributed by atoms with van der Waals surface area (Å²) in [6.07, 6.45) is 3.70. The molecule has 0 aliphatic carbocycles. The molecule has 1 fully saturated rings. The molecule has 5 rings (SSSR count). The molecule has 1 saturated heterocycles. The highest BCUT2D eigenvalue weighted by Crippen LogP contribution is 2.32. The molecule has 1 aromatic heterocycles. The van der Waals surface area contributed by atoms with E-state index in [0.717, 1.165) is 22.5 Å². The van der Waals surface area contributed by atoms with E-state index in [9.17, 15) is 4.79 Å². The Morgan fingerprint density at radius 3 is 2.33 bits per heavy atom. The number of rotatable bonds is 5. The lowest BCUT2D eigenvalue weighted by Gasteiger charge is -2.17. The minimum absolute atomic E-state index is 0.254. The van der Waals surface area contributed by atoms with Crippen LogP contribution < -0.4 is 15.0 Å². The Morgan fingerprint density at radius 1 is 0.939 bits per heavy atom. The van der Waals surface area contributed by atoms with Crippen LogP contribution in [0, 0.1) is 0 Å². The van der Waals surface area contributed by atoms with Gasteiger partial charge in [0, 0.05) is 17.3 Å². The topological polar surface area (TPSA) is 59.4 Å². The molecule has 0 atom stereocenters. The first-order valence-corrected chi connectivity index (χ1v) is 10.8. The summed E-state index contributed by atoms with van der Waals surface area (Å²) in [7, 11) is 1.57. The van der Waals surface area contributed by atoms with Gasteiger partial charge in [0.2, 0.25) is 0 Å². The average molecular weight is 453 g/mol. The van der Waals surface area contributed by atoms with Crippen LogP contribution in [0.5, 0.6) is 5.75 Å². The number of ether oxygens (including phenoxy) is 1. The number of nitrogens with one attached hydrogen (secondary N) is 1. The molecule has 1 N–H and O–H groups in total. The van der Waals surface area contributed by atoms with Crippen LogP contribution in [0.3, 0.4) is 0 Å². The molecule has 1 aliphatic heterocycles.